The maximum Gasteiger partial charge on any atom is 0.326 e. The van der Waals surface area contributed by atoms with Crippen molar-refractivity contribution in [3.8, 4) is 0 Å². The number of carboxylic acids is 1. The molecule has 0 spiro atoms. The molecule has 0 aliphatic heterocycles. The SMILES string of the molecule is CCCC[C@H](NC(=O)C(C)CCN)C(=O)O. The van der Waals surface area contributed by atoms with Crippen LogP contribution in [0.3, 0.4) is 0 Å². The first-order valence-corrected chi connectivity index (χ1v) is 5.76. The molecule has 1 unspecified atom stereocenters. The van der Waals surface area contributed by atoms with E-state index in [0.29, 0.717) is 19.4 Å². The van der Waals surface area contributed by atoms with Crippen molar-refractivity contribution < 1.29 is 14.7 Å². The second-order valence-electron chi connectivity index (χ2n) is 4.02. The van der Waals surface area contributed by atoms with Crippen molar-refractivity contribution in [2.75, 3.05) is 6.54 Å². The molecule has 0 saturated carbocycles. The predicted molar refractivity (Wildman–Crippen MR) is 61.9 cm³/mol. The molecule has 4 N–H and O–H groups in total. The van der Waals surface area contributed by atoms with E-state index in [4.69, 9.17) is 10.8 Å². The summed E-state index contributed by atoms with van der Waals surface area (Å²) in [5.41, 5.74) is 5.34. The highest BCUT2D eigenvalue weighted by Gasteiger charge is 2.21. The summed E-state index contributed by atoms with van der Waals surface area (Å²) < 4.78 is 0. The Morgan fingerprint density at radius 1 is 1.38 bits per heavy atom. The fraction of sp³-hybridized carbons (Fsp3) is 0.818. The number of aliphatic carboxylic acids is 1. The van der Waals surface area contributed by atoms with Gasteiger partial charge in [0.1, 0.15) is 6.04 Å². The fourth-order valence-electron chi connectivity index (χ4n) is 1.36. The van der Waals surface area contributed by atoms with E-state index in [9.17, 15) is 9.59 Å². The first-order chi connectivity index (χ1) is 7.52. The molecule has 0 aromatic carbocycles. The van der Waals surface area contributed by atoms with Gasteiger partial charge in [-0.3, -0.25) is 4.79 Å². The molecule has 5 nitrogen and oxygen atoms in total. The summed E-state index contributed by atoms with van der Waals surface area (Å²) in [5, 5.41) is 11.5. The summed E-state index contributed by atoms with van der Waals surface area (Å²) in [6, 6.07) is -0.771. The first kappa shape index (κ1) is 14.9. The van der Waals surface area contributed by atoms with Gasteiger partial charge >= 0.3 is 5.97 Å². The van der Waals surface area contributed by atoms with Crippen molar-refractivity contribution in [2.24, 2.45) is 11.7 Å². The molecule has 5 heteroatoms. The van der Waals surface area contributed by atoms with Gasteiger partial charge in [0.15, 0.2) is 0 Å². The van der Waals surface area contributed by atoms with E-state index in [-0.39, 0.29) is 11.8 Å². The van der Waals surface area contributed by atoms with Gasteiger partial charge in [0.25, 0.3) is 0 Å². The quantitative estimate of drug-likeness (QED) is 0.573. The Hall–Kier alpha value is -1.10. The van der Waals surface area contributed by atoms with Gasteiger partial charge in [0.2, 0.25) is 5.91 Å². The molecule has 16 heavy (non-hydrogen) atoms. The Morgan fingerprint density at radius 2 is 2.00 bits per heavy atom. The van der Waals surface area contributed by atoms with Crippen molar-refractivity contribution in [1.82, 2.24) is 5.32 Å². The number of amides is 1. The number of nitrogens with two attached hydrogens (primary N) is 1. The van der Waals surface area contributed by atoms with Crippen molar-refractivity contribution in [3.05, 3.63) is 0 Å². The van der Waals surface area contributed by atoms with Crippen LogP contribution in [0.2, 0.25) is 0 Å². The third-order valence-electron chi connectivity index (χ3n) is 2.51. The van der Waals surface area contributed by atoms with Crippen LogP contribution in [0.5, 0.6) is 0 Å². The lowest BCUT2D eigenvalue weighted by molar-refractivity contribution is -0.142. The van der Waals surface area contributed by atoms with E-state index in [1.54, 1.807) is 6.92 Å². The Morgan fingerprint density at radius 3 is 2.44 bits per heavy atom. The molecule has 0 saturated heterocycles. The highest BCUT2D eigenvalue weighted by Crippen LogP contribution is 2.05. The molecule has 0 aromatic rings. The molecular weight excluding hydrogens is 208 g/mol. The molecule has 2 atom stereocenters. The third kappa shape index (κ3) is 5.70. The van der Waals surface area contributed by atoms with E-state index < -0.39 is 12.0 Å². The molecule has 0 bridgehead atoms. The normalized spacial score (nSPS) is 14.2. The molecule has 94 valence electrons. The first-order valence-electron chi connectivity index (χ1n) is 5.76. The topological polar surface area (TPSA) is 92.4 Å². The van der Waals surface area contributed by atoms with Crippen molar-refractivity contribution in [1.29, 1.82) is 0 Å². The number of hydrogen-bond donors (Lipinski definition) is 3. The lowest BCUT2D eigenvalue weighted by Gasteiger charge is -2.17. The minimum Gasteiger partial charge on any atom is -0.480 e. The van der Waals surface area contributed by atoms with Gasteiger partial charge in [-0.05, 0) is 19.4 Å². The summed E-state index contributed by atoms with van der Waals surface area (Å²) in [6.45, 7) is 4.17. The number of carboxylic acid groups (broad SMARTS) is 1. The van der Waals surface area contributed by atoms with Gasteiger partial charge in [-0.2, -0.15) is 0 Å². The summed E-state index contributed by atoms with van der Waals surface area (Å²) in [4.78, 5) is 22.5. The highest BCUT2D eigenvalue weighted by atomic mass is 16.4. The molecule has 0 radical (unpaired) electrons. The maximum atomic E-state index is 11.6. The largest absolute Gasteiger partial charge is 0.480 e. The van der Waals surface area contributed by atoms with Crippen LogP contribution >= 0.6 is 0 Å². The monoisotopic (exact) mass is 230 g/mol. The van der Waals surface area contributed by atoms with E-state index in [0.717, 1.165) is 12.8 Å². The zero-order chi connectivity index (χ0) is 12.6. The molecule has 0 fully saturated rings. The number of nitrogens with one attached hydrogen (secondary N) is 1. The lowest BCUT2D eigenvalue weighted by Crippen LogP contribution is -2.43. The number of hydrogen-bond acceptors (Lipinski definition) is 3. The molecule has 1 amide bonds. The van der Waals surface area contributed by atoms with E-state index in [2.05, 4.69) is 5.32 Å². The maximum absolute atomic E-state index is 11.6. The van der Waals surface area contributed by atoms with Crippen LogP contribution in [0.15, 0.2) is 0 Å². The molecule has 0 aliphatic rings. The molecule has 0 rings (SSSR count). The summed E-state index contributed by atoms with van der Waals surface area (Å²) in [5.74, 6) is -1.43. The van der Waals surface area contributed by atoms with Crippen molar-refractivity contribution in [2.45, 2.75) is 45.6 Å². The molecule has 0 heterocycles. The van der Waals surface area contributed by atoms with Crippen LogP contribution in [0, 0.1) is 5.92 Å². The van der Waals surface area contributed by atoms with Crippen LogP contribution in [0.25, 0.3) is 0 Å². The third-order valence-corrected chi connectivity index (χ3v) is 2.51. The molecule has 0 aliphatic carbocycles. The van der Waals surface area contributed by atoms with Crippen LogP contribution < -0.4 is 11.1 Å². The van der Waals surface area contributed by atoms with Crippen molar-refractivity contribution >= 4 is 11.9 Å². The smallest absolute Gasteiger partial charge is 0.326 e. The molecular formula is C11H22N2O3. The van der Waals surface area contributed by atoms with Crippen LogP contribution in [0.1, 0.15) is 39.5 Å². The summed E-state index contributed by atoms with van der Waals surface area (Å²) in [6.07, 6.45) is 2.76. The fourth-order valence-corrected chi connectivity index (χ4v) is 1.36. The minimum absolute atomic E-state index is 0.228. The van der Waals surface area contributed by atoms with Gasteiger partial charge in [-0.15, -0.1) is 0 Å². The Kier molecular flexibility index (Phi) is 7.54. The zero-order valence-corrected chi connectivity index (χ0v) is 10.0. The van der Waals surface area contributed by atoms with Crippen LogP contribution in [0.4, 0.5) is 0 Å². The number of carbonyl (C=O) groups is 2. The zero-order valence-electron chi connectivity index (χ0n) is 10.0. The highest BCUT2D eigenvalue weighted by molar-refractivity contribution is 5.84. The second-order valence-corrected chi connectivity index (χ2v) is 4.02. The number of rotatable bonds is 8. The summed E-state index contributed by atoms with van der Waals surface area (Å²) in [7, 11) is 0. The minimum atomic E-state index is -0.971. The predicted octanol–water partition coefficient (Wildman–Crippen LogP) is 0.731. The molecule has 0 aromatic heterocycles. The lowest BCUT2D eigenvalue weighted by atomic mass is 10.1. The van der Waals surface area contributed by atoms with E-state index in [1.165, 1.54) is 0 Å². The number of unbranched alkanes of at least 4 members (excludes halogenated alkanes) is 1. The van der Waals surface area contributed by atoms with E-state index >= 15 is 0 Å². The average molecular weight is 230 g/mol. The van der Waals surface area contributed by atoms with Gasteiger partial charge in [-0.25, -0.2) is 4.79 Å². The van der Waals surface area contributed by atoms with Gasteiger partial charge in [-0.1, -0.05) is 26.7 Å². The number of carbonyl (C=O) groups excluding carboxylic acids is 1. The second kappa shape index (κ2) is 8.10. The standard InChI is InChI=1S/C11H22N2O3/c1-3-4-5-9(11(15)16)13-10(14)8(2)6-7-12/h8-9H,3-7,12H2,1-2H3,(H,13,14)(H,15,16)/t8?,9-/m0/s1. The van der Waals surface area contributed by atoms with Crippen LogP contribution in [-0.2, 0) is 9.59 Å². The van der Waals surface area contributed by atoms with Crippen LogP contribution in [-0.4, -0.2) is 29.6 Å². The Bertz CT molecular complexity index is 231. The summed E-state index contributed by atoms with van der Waals surface area (Å²) >= 11 is 0. The van der Waals surface area contributed by atoms with Crippen molar-refractivity contribution in [3.63, 3.8) is 0 Å². The Labute approximate surface area is 96.4 Å². The van der Waals surface area contributed by atoms with Gasteiger partial charge in [0, 0.05) is 5.92 Å². The van der Waals surface area contributed by atoms with Gasteiger partial charge in [0.05, 0.1) is 0 Å². The average Bonchev–Trinajstić information content (AvgIpc) is 2.23. The van der Waals surface area contributed by atoms with Gasteiger partial charge < -0.3 is 16.2 Å². The van der Waals surface area contributed by atoms with E-state index in [1.807, 2.05) is 6.92 Å². The Balaban J connectivity index is 4.17.